The summed E-state index contributed by atoms with van der Waals surface area (Å²) in [4.78, 5) is 19.2. The van der Waals surface area contributed by atoms with Gasteiger partial charge in [-0.05, 0) is 53.9 Å². The number of nitrogens with one attached hydrogen (secondary N) is 1. The van der Waals surface area contributed by atoms with E-state index in [2.05, 4.69) is 53.4 Å². The molecule has 5 aromatic rings. The molecule has 0 saturated carbocycles. The third-order valence-corrected chi connectivity index (χ3v) is 7.16. The van der Waals surface area contributed by atoms with Crippen LogP contribution < -0.4 is 16.0 Å². The number of nitrogens with zero attached hydrogens (tertiary/aromatic N) is 4. The lowest BCUT2D eigenvalue weighted by Gasteiger charge is -2.41. The highest BCUT2D eigenvalue weighted by Gasteiger charge is 2.24. The Labute approximate surface area is 209 Å². The number of benzene rings is 3. The van der Waals surface area contributed by atoms with Gasteiger partial charge in [0.2, 0.25) is 5.91 Å². The second-order valence-corrected chi connectivity index (χ2v) is 9.55. The van der Waals surface area contributed by atoms with E-state index in [0.29, 0.717) is 17.6 Å². The van der Waals surface area contributed by atoms with E-state index in [1.165, 1.54) is 5.69 Å². The summed E-state index contributed by atoms with van der Waals surface area (Å²) in [5, 5.41) is 9.86. The number of hydrogen-bond acceptors (Lipinski definition) is 5. The normalized spacial score (nSPS) is 18.1. The lowest BCUT2D eigenvalue weighted by Crippen LogP contribution is -2.55. The molecule has 3 aromatic carbocycles. The molecular weight excluding hydrogens is 448 g/mol. The van der Waals surface area contributed by atoms with Crippen molar-refractivity contribution in [2.24, 2.45) is 5.73 Å². The number of fused-ring (bicyclic) bond motifs is 2. The number of hydrogen-bond donors (Lipinski definition) is 2. The van der Waals surface area contributed by atoms with Crippen molar-refractivity contribution in [2.75, 3.05) is 18.0 Å². The molecule has 7 heteroatoms. The molecule has 0 bridgehead atoms. The van der Waals surface area contributed by atoms with Crippen LogP contribution in [-0.4, -0.2) is 45.7 Å². The molecule has 3 N–H and O–H groups in total. The van der Waals surface area contributed by atoms with Crippen LogP contribution in [0.3, 0.4) is 0 Å². The number of rotatable bonds is 4. The van der Waals surface area contributed by atoms with Crippen LogP contribution >= 0.6 is 0 Å². The summed E-state index contributed by atoms with van der Waals surface area (Å²) in [7, 11) is 0. The first-order valence-corrected chi connectivity index (χ1v) is 12.3. The van der Waals surface area contributed by atoms with Crippen LogP contribution in [0.25, 0.3) is 38.7 Å². The third kappa shape index (κ3) is 3.69. The fourth-order valence-corrected chi connectivity index (χ4v) is 5.44. The maximum Gasteiger partial charge on any atom is 0.249 e. The molecule has 7 nitrogen and oxygen atoms in total. The Balaban J connectivity index is 1.36. The first-order chi connectivity index (χ1) is 17.5. The minimum absolute atomic E-state index is 0.438. The van der Waals surface area contributed by atoms with Crippen molar-refractivity contribution in [3.05, 3.63) is 84.8 Å². The zero-order chi connectivity index (χ0) is 24.8. The quantitative estimate of drug-likeness (QED) is 0.399. The zero-order valence-electron chi connectivity index (χ0n) is 20.3. The summed E-state index contributed by atoms with van der Waals surface area (Å²) in [6.07, 6.45) is 5.73. The Hall–Kier alpha value is -4.23. The lowest BCUT2D eigenvalue weighted by molar-refractivity contribution is 0.100. The molecule has 180 valence electrons. The van der Waals surface area contributed by atoms with Gasteiger partial charge in [-0.15, -0.1) is 0 Å². The van der Waals surface area contributed by atoms with Gasteiger partial charge in [0, 0.05) is 59.9 Å². The molecule has 1 saturated heterocycles. The van der Waals surface area contributed by atoms with E-state index < -0.39 is 5.91 Å². The Morgan fingerprint density at radius 2 is 1.61 bits per heavy atom. The summed E-state index contributed by atoms with van der Waals surface area (Å²) >= 11 is 0. The minimum Gasteiger partial charge on any atom is -0.366 e. The van der Waals surface area contributed by atoms with Gasteiger partial charge in [-0.25, -0.2) is 9.50 Å². The summed E-state index contributed by atoms with van der Waals surface area (Å²) in [5.74, 6) is -0.438. The molecule has 2 atom stereocenters. The molecule has 0 radical (unpaired) electrons. The van der Waals surface area contributed by atoms with Crippen LogP contribution in [0.2, 0.25) is 0 Å². The van der Waals surface area contributed by atoms with E-state index in [1.54, 1.807) is 6.07 Å². The molecule has 0 unspecified atom stereocenters. The average molecular weight is 477 g/mol. The predicted octanol–water partition coefficient (Wildman–Crippen LogP) is 4.50. The number of nitrogens with two attached hydrogens (primary N) is 1. The van der Waals surface area contributed by atoms with Crippen molar-refractivity contribution < 1.29 is 4.79 Å². The minimum atomic E-state index is -0.438. The number of carbonyl (C=O) groups is 1. The molecule has 0 spiro atoms. The van der Waals surface area contributed by atoms with Crippen LogP contribution in [0.1, 0.15) is 24.2 Å². The number of anilines is 1. The maximum absolute atomic E-state index is 11.9. The molecule has 0 aliphatic carbocycles. The monoisotopic (exact) mass is 476 g/mol. The Morgan fingerprint density at radius 3 is 2.36 bits per heavy atom. The van der Waals surface area contributed by atoms with Gasteiger partial charge in [-0.2, -0.15) is 5.10 Å². The fraction of sp³-hybridized carbons (Fsp3) is 0.207. The number of amides is 1. The Bertz CT molecular complexity index is 1580. The predicted molar refractivity (Wildman–Crippen MR) is 144 cm³/mol. The number of aromatic nitrogens is 3. The molecule has 1 amide bonds. The molecule has 36 heavy (non-hydrogen) atoms. The Morgan fingerprint density at radius 1 is 0.889 bits per heavy atom. The van der Waals surface area contributed by atoms with Crippen LogP contribution in [0.5, 0.6) is 0 Å². The second kappa shape index (κ2) is 8.77. The number of carbonyl (C=O) groups excluding carboxylic acids is 1. The Kier molecular flexibility index (Phi) is 5.42. The second-order valence-electron chi connectivity index (χ2n) is 9.55. The van der Waals surface area contributed by atoms with Gasteiger partial charge in [0.05, 0.1) is 6.20 Å². The van der Waals surface area contributed by atoms with Gasteiger partial charge in [-0.1, -0.05) is 42.5 Å². The van der Waals surface area contributed by atoms with Crippen molar-refractivity contribution in [2.45, 2.75) is 25.9 Å². The van der Waals surface area contributed by atoms with Gasteiger partial charge >= 0.3 is 0 Å². The van der Waals surface area contributed by atoms with Crippen LogP contribution in [-0.2, 0) is 0 Å². The number of primary amides is 1. The largest absolute Gasteiger partial charge is 0.366 e. The summed E-state index contributed by atoms with van der Waals surface area (Å²) in [6, 6.07) is 21.1. The van der Waals surface area contributed by atoms with Crippen molar-refractivity contribution in [3.8, 4) is 22.3 Å². The van der Waals surface area contributed by atoms with Crippen molar-refractivity contribution in [1.82, 2.24) is 19.9 Å². The molecule has 6 rings (SSSR count). The molecule has 1 fully saturated rings. The van der Waals surface area contributed by atoms with E-state index in [1.807, 2.05) is 53.4 Å². The third-order valence-electron chi connectivity index (χ3n) is 7.16. The van der Waals surface area contributed by atoms with Crippen molar-refractivity contribution in [1.29, 1.82) is 0 Å². The van der Waals surface area contributed by atoms with E-state index in [4.69, 9.17) is 10.7 Å². The molecule has 3 heterocycles. The van der Waals surface area contributed by atoms with Crippen LogP contribution in [0.15, 0.2) is 79.3 Å². The molecule has 1 aliphatic rings. The first-order valence-electron chi connectivity index (χ1n) is 12.3. The number of piperazine rings is 1. The molecule has 1 aliphatic heterocycles. The van der Waals surface area contributed by atoms with Crippen molar-refractivity contribution >= 4 is 28.0 Å². The van der Waals surface area contributed by atoms with E-state index >= 15 is 0 Å². The van der Waals surface area contributed by atoms with E-state index in [-0.39, 0.29) is 0 Å². The van der Waals surface area contributed by atoms with Crippen LogP contribution in [0.4, 0.5) is 5.69 Å². The topological polar surface area (TPSA) is 88.5 Å². The van der Waals surface area contributed by atoms with Gasteiger partial charge in [-0.3, -0.25) is 4.79 Å². The fourth-order valence-electron chi connectivity index (χ4n) is 5.44. The highest BCUT2D eigenvalue weighted by atomic mass is 16.1. The lowest BCUT2D eigenvalue weighted by atomic mass is 9.96. The summed E-state index contributed by atoms with van der Waals surface area (Å²) in [6.45, 7) is 6.51. The highest BCUT2D eigenvalue weighted by Crippen LogP contribution is 2.33. The summed E-state index contributed by atoms with van der Waals surface area (Å²) < 4.78 is 1.82. The van der Waals surface area contributed by atoms with E-state index in [0.717, 1.165) is 51.8 Å². The van der Waals surface area contributed by atoms with Gasteiger partial charge in [0.25, 0.3) is 0 Å². The summed E-state index contributed by atoms with van der Waals surface area (Å²) in [5.41, 5.74) is 12.1. The first kappa shape index (κ1) is 22.2. The molecule has 2 aromatic heterocycles. The van der Waals surface area contributed by atoms with Gasteiger partial charge in [0.1, 0.15) is 0 Å². The van der Waals surface area contributed by atoms with Gasteiger partial charge < -0.3 is 16.0 Å². The van der Waals surface area contributed by atoms with E-state index in [9.17, 15) is 4.79 Å². The standard InChI is InChI=1S/C29H28N6O/c1-18-13-31-14-19(2)35(18)22-11-9-20(10-12-22)21-15-32-29-27(16-33-34(29)17-21)25-7-3-6-24-23(25)5-4-8-26(24)28(30)36/h3-12,15-19,31H,13-14H2,1-2H3,(H2,30,36)/t18-,19+. The highest BCUT2D eigenvalue weighted by molar-refractivity contribution is 6.10. The smallest absolute Gasteiger partial charge is 0.249 e. The molecular formula is C29H28N6O. The average Bonchev–Trinajstić information content (AvgIpc) is 3.31. The zero-order valence-corrected chi connectivity index (χ0v) is 20.3. The SMILES string of the molecule is C[C@@H]1CNC[C@H](C)N1c1ccc(-c2cnc3c(-c4cccc5c(C(N)=O)cccc45)cnn3c2)cc1. The van der Waals surface area contributed by atoms with Crippen LogP contribution in [0, 0.1) is 0 Å². The maximum atomic E-state index is 11.9. The van der Waals surface area contributed by atoms with Crippen molar-refractivity contribution in [3.63, 3.8) is 0 Å². The van der Waals surface area contributed by atoms with Gasteiger partial charge in [0.15, 0.2) is 5.65 Å².